The van der Waals surface area contributed by atoms with E-state index in [0.29, 0.717) is 21.8 Å². The second-order valence-corrected chi connectivity index (χ2v) is 5.34. The van der Waals surface area contributed by atoms with Gasteiger partial charge >= 0.3 is 0 Å². The quantitative estimate of drug-likeness (QED) is 0.807. The zero-order chi connectivity index (χ0) is 14.1. The van der Waals surface area contributed by atoms with Gasteiger partial charge in [-0.1, -0.05) is 11.6 Å². The first-order valence-electron chi connectivity index (χ1n) is 5.68. The number of fused-ring (bicyclic) bond motifs is 1. The standard InChI is InChI=1S/C13H8ClFN2O2S/c14-8-2-1-7(5-9(8)15)19-6-11-16-10-3-4-20-12(10)13(18)17-11/h1-5H,6H2,(H,16,17,18). The Morgan fingerprint density at radius 1 is 1.40 bits per heavy atom. The fourth-order valence-corrected chi connectivity index (χ4v) is 2.55. The normalized spacial score (nSPS) is 10.9. The second kappa shape index (κ2) is 5.22. The van der Waals surface area contributed by atoms with Gasteiger partial charge in [-0.2, -0.15) is 0 Å². The minimum Gasteiger partial charge on any atom is -0.486 e. The monoisotopic (exact) mass is 310 g/mol. The summed E-state index contributed by atoms with van der Waals surface area (Å²) in [5, 5.41) is 1.83. The Morgan fingerprint density at radius 3 is 3.05 bits per heavy atom. The average molecular weight is 311 g/mol. The SMILES string of the molecule is O=c1[nH]c(COc2ccc(Cl)c(F)c2)nc2ccsc12. The van der Waals surface area contributed by atoms with Crippen LogP contribution in [0.2, 0.25) is 5.02 Å². The van der Waals surface area contributed by atoms with Gasteiger partial charge in [-0.15, -0.1) is 11.3 Å². The Labute approximate surface area is 121 Å². The van der Waals surface area contributed by atoms with Gasteiger partial charge in [0.05, 0.1) is 10.5 Å². The number of nitrogens with zero attached hydrogens (tertiary/aromatic N) is 1. The summed E-state index contributed by atoms with van der Waals surface area (Å²) in [6.07, 6.45) is 0. The van der Waals surface area contributed by atoms with E-state index in [4.69, 9.17) is 16.3 Å². The van der Waals surface area contributed by atoms with Crippen molar-refractivity contribution in [3.63, 3.8) is 0 Å². The number of rotatable bonds is 3. The minimum absolute atomic E-state index is 0.0311. The summed E-state index contributed by atoms with van der Waals surface area (Å²) in [5.41, 5.74) is 0.422. The van der Waals surface area contributed by atoms with E-state index in [2.05, 4.69) is 9.97 Å². The maximum atomic E-state index is 13.3. The van der Waals surface area contributed by atoms with Gasteiger partial charge in [0.1, 0.15) is 28.7 Å². The maximum Gasteiger partial charge on any atom is 0.268 e. The van der Waals surface area contributed by atoms with Crippen LogP contribution < -0.4 is 10.3 Å². The molecule has 0 spiro atoms. The van der Waals surface area contributed by atoms with Crippen LogP contribution in [0.25, 0.3) is 10.2 Å². The van der Waals surface area contributed by atoms with Crippen LogP contribution in [0.15, 0.2) is 34.4 Å². The summed E-state index contributed by atoms with van der Waals surface area (Å²) in [6.45, 7) is 0.0437. The molecule has 0 fully saturated rings. The molecule has 0 saturated carbocycles. The van der Waals surface area contributed by atoms with Gasteiger partial charge in [-0.05, 0) is 23.6 Å². The van der Waals surface area contributed by atoms with Crippen LogP contribution in [0.1, 0.15) is 5.82 Å². The lowest BCUT2D eigenvalue weighted by atomic mass is 10.3. The van der Waals surface area contributed by atoms with Crippen LogP contribution in [-0.2, 0) is 6.61 Å². The third kappa shape index (κ3) is 2.52. The molecule has 0 aliphatic rings. The van der Waals surface area contributed by atoms with Crippen LogP contribution in [0.4, 0.5) is 4.39 Å². The molecule has 1 aromatic carbocycles. The first-order valence-corrected chi connectivity index (χ1v) is 6.93. The van der Waals surface area contributed by atoms with E-state index < -0.39 is 5.82 Å². The lowest BCUT2D eigenvalue weighted by Gasteiger charge is -2.06. The van der Waals surface area contributed by atoms with E-state index >= 15 is 0 Å². The molecule has 2 heterocycles. The first-order chi connectivity index (χ1) is 9.63. The molecule has 3 rings (SSSR count). The van der Waals surface area contributed by atoms with Crippen molar-refractivity contribution in [1.29, 1.82) is 0 Å². The van der Waals surface area contributed by atoms with Gasteiger partial charge in [-0.3, -0.25) is 4.79 Å². The highest BCUT2D eigenvalue weighted by Gasteiger charge is 2.06. The third-order valence-electron chi connectivity index (χ3n) is 2.63. The molecule has 0 aliphatic carbocycles. The van der Waals surface area contributed by atoms with Gasteiger partial charge in [-0.25, -0.2) is 9.37 Å². The van der Waals surface area contributed by atoms with Crippen LogP contribution >= 0.6 is 22.9 Å². The summed E-state index contributed by atoms with van der Waals surface area (Å²) in [5.74, 6) is 0.148. The lowest BCUT2D eigenvalue weighted by molar-refractivity contribution is 0.294. The lowest BCUT2D eigenvalue weighted by Crippen LogP contribution is -2.12. The number of benzene rings is 1. The van der Waals surface area contributed by atoms with Gasteiger partial charge < -0.3 is 9.72 Å². The molecule has 7 heteroatoms. The molecular formula is C13H8ClFN2O2S. The number of H-pyrrole nitrogens is 1. The summed E-state index contributed by atoms with van der Waals surface area (Å²) < 4.78 is 19.2. The van der Waals surface area contributed by atoms with Crippen LogP contribution in [0.3, 0.4) is 0 Å². The molecule has 0 bridgehead atoms. The molecular weight excluding hydrogens is 303 g/mol. The molecule has 4 nitrogen and oxygen atoms in total. The molecule has 0 amide bonds. The Morgan fingerprint density at radius 2 is 2.25 bits per heavy atom. The molecule has 20 heavy (non-hydrogen) atoms. The highest BCUT2D eigenvalue weighted by Crippen LogP contribution is 2.21. The molecule has 3 aromatic rings. The molecule has 0 aliphatic heterocycles. The fraction of sp³-hybridized carbons (Fsp3) is 0.0769. The Kier molecular flexibility index (Phi) is 3.42. The zero-order valence-electron chi connectivity index (χ0n) is 10.0. The number of nitrogens with one attached hydrogen (secondary N) is 1. The highest BCUT2D eigenvalue weighted by molar-refractivity contribution is 7.17. The van der Waals surface area contributed by atoms with E-state index in [1.54, 1.807) is 17.5 Å². The van der Waals surface area contributed by atoms with Crippen LogP contribution in [-0.4, -0.2) is 9.97 Å². The van der Waals surface area contributed by atoms with Crippen molar-refractivity contribution in [3.05, 3.63) is 56.7 Å². The van der Waals surface area contributed by atoms with E-state index in [0.717, 1.165) is 0 Å². The number of aromatic amines is 1. The van der Waals surface area contributed by atoms with Gasteiger partial charge in [0.15, 0.2) is 0 Å². The van der Waals surface area contributed by atoms with Crippen molar-refractivity contribution < 1.29 is 9.13 Å². The maximum absolute atomic E-state index is 13.3. The second-order valence-electron chi connectivity index (χ2n) is 4.01. The van der Waals surface area contributed by atoms with E-state index in [1.165, 1.54) is 23.5 Å². The minimum atomic E-state index is -0.557. The smallest absolute Gasteiger partial charge is 0.268 e. The van der Waals surface area contributed by atoms with Gasteiger partial charge in [0, 0.05) is 6.07 Å². The molecule has 0 atom stereocenters. The fourth-order valence-electron chi connectivity index (χ4n) is 1.71. The summed E-state index contributed by atoms with van der Waals surface area (Å²) in [6, 6.07) is 5.90. The molecule has 0 unspecified atom stereocenters. The van der Waals surface area contributed by atoms with Gasteiger partial charge in [0.25, 0.3) is 5.56 Å². The number of aromatic nitrogens is 2. The largest absolute Gasteiger partial charge is 0.486 e. The molecule has 2 aromatic heterocycles. The summed E-state index contributed by atoms with van der Waals surface area (Å²) in [7, 11) is 0. The van der Waals surface area contributed by atoms with Crippen molar-refractivity contribution in [2.45, 2.75) is 6.61 Å². The Bertz CT molecular complexity index is 831. The summed E-state index contributed by atoms with van der Waals surface area (Å²) in [4.78, 5) is 18.6. The molecule has 102 valence electrons. The number of ether oxygens (including phenoxy) is 1. The number of thiophene rings is 1. The zero-order valence-corrected chi connectivity index (χ0v) is 11.6. The van der Waals surface area contributed by atoms with Crippen molar-refractivity contribution in [3.8, 4) is 5.75 Å². The molecule has 0 radical (unpaired) electrons. The van der Waals surface area contributed by atoms with Crippen LogP contribution in [0, 0.1) is 5.82 Å². The highest BCUT2D eigenvalue weighted by atomic mass is 35.5. The summed E-state index contributed by atoms with van der Waals surface area (Å²) >= 11 is 6.91. The first kappa shape index (κ1) is 13.1. The van der Waals surface area contributed by atoms with Gasteiger partial charge in [0.2, 0.25) is 0 Å². The average Bonchev–Trinajstić information content (AvgIpc) is 2.89. The Hall–Kier alpha value is -1.92. The van der Waals surface area contributed by atoms with Crippen molar-refractivity contribution in [1.82, 2.24) is 9.97 Å². The van der Waals surface area contributed by atoms with E-state index in [9.17, 15) is 9.18 Å². The van der Waals surface area contributed by atoms with Crippen LogP contribution in [0.5, 0.6) is 5.75 Å². The predicted octanol–water partition coefficient (Wildman–Crippen LogP) is 3.36. The molecule has 1 N–H and O–H groups in total. The molecule has 0 saturated heterocycles. The number of halogens is 2. The van der Waals surface area contributed by atoms with Crippen molar-refractivity contribution in [2.75, 3.05) is 0 Å². The number of hydrogen-bond donors (Lipinski definition) is 1. The predicted molar refractivity (Wildman–Crippen MR) is 76.0 cm³/mol. The Balaban J connectivity index is 1.82. The van der Waals surface area contributed by atoms with E-state index in [1.807, 2.05) is 0 Å². The van der Waals surface area contributed by atoms with E-state index in [-0.39, 0.29) is 17.2 Å². The number of hydrogen-bond acceptors (Lipinski definition) is 4. The topological polar surface area (TPSA) is 55.0 Å². The third-order valence-corrected chi connectivity index (χ3v) is 3.84. The van der Waals surface area contributed by atoms with Crippen molar-refractivity contribution >= 4 is 33.2 Å². The van der Waals surface area contributed by atoms with Crippen molar-refractivity contribution in [2.24, 2.45) is 0 Å².